The van der Waals surface area contributed by atoms with Crippen molar-refractivity contribution in [2.24, 2.45) is 5.73 Å². The molecule has 2 N–H and O–H groups in total. The van der Waals surface area contributed by atoms with Crippen LogP contribution in [0.25, 0.3) is 11.3 Å². The van der Waals surface area contributed by atoms with E-state index in [-0.39, 0.29) is 5.41 Å². The Morgan fingerprint density at radius 1 is 1.16 bits per heavy atom. The van der Waals surface area contributed by atoms with E-state index < -0.39 is 0 Å². The summed E-state index contributed by atoms with van der Waals surface area (Å²) in [4.78, 5) is 4.40. The summed E-state index contributed by atoms with van der Waals surface area (Å²) in [6.07, 6.45) is 0.681. The molecule has 2 aromatic rings. The van der Waals surface area contributed by atoms with Crippen LogP contribution in [0.2, 0.25) is 0 Å². The molecule has 0 fully saturated rings. The van der Waals surface area contributed by atoms with Gasteiger partial charge in [-0.25, -0.2) is 4.98 Å². The van der Waals surface area contributed by atoms with Crippen LogP contribution >= 0.6 is 0 Å². The van der Waals surface area contributed by atoms with E-state index in [4.69, 9.17) is 10.2 Å². The SMILES string of the molecule is Cc1nc(CCN)oc1-c1ccc(C(C)(C)C)cc1. The summed E-state index contributed by atoms with van der Waals surface area (Å²) < 4.78 is 5.78. The fraction of sp³-hybridized carbons (Fsp3) is 0.438. The zero-order valence-electron chi connectivity index (χ0n) is 12.2. The molecule has 0 unspecified atom stereocenters. The lowest BCUT2D eigenvalue weighted by molar-refractivity contribution is 0.507. The first-order valence-electron chi connectivity index (χ1n) is 6.69. The van der Waals surface area contributed by atoms with Gasteiger partial charge in [0, 0.05) is 18.5 Å². The molecule has 0 aliphatic rings. The molecule has 1 aromatic heterocycles. The first-order valence-corrected chi connectivity index (χ1v) is 6.69. The zero-order valence-corrected chi connectivity index (χ0v) is 12.2. The highest BCUT2D eigenvalue weighted by Gasteiger charge is 2.15. The first kappa shape index (κ1) is 13.8. The van der Waals surface area contributed by atoms with E-state index >= 15 is 0 Å². The fourth-order valence-electron chi connectivity index (χ4n) is 2.07. The molecule has 2 rings (SSSR count). The Kier molecular flexibility index (Phi) is 3.76. The van der Waals surface area contributed by atoms with E-state index in [1.165, 1.54) is 5.56 Å². The molecule has 0 aliphatic heterocycles. The normalized spacial score (nSPS) is 11.8. The molecule has 19 heavy (non-hydrogen) atoms. The average molecular weight is 258 g/mol. The lowest BCUT2D eigenvalue weighted by Crippen LogP contribution is -2.10. The van der Waals surface area contributed by atoms with Crippen molar-refractivity contribution in [2.75, 3.05) is 6.54 Å². The summed E-state index contributed by atoms with van der Waals surface area (Å²) >= 11 is 0. The van der Waals surface area contributed by atoms with Crippen molar-refractivity contribution in [3.8, 4) is 11.3 Å². The van der Waals surface area contributed by atoms with Crippen LogP contribution in [0.5, 0.6) is 0 Å². The Labute approximate surface area is 114 Å². The van der Waals surface area contributed by atoms with E-state index in [0.29, 0.717) is 13.0 Å². The van der Waals surface area contributed by atoms with Crippen molar-refractivity contribution in [3.05, 3.63) is 41.4 Å². The number of aryl methyl sites for hydroxylation is 1. The quantitative estimate of drug-likeness (QED) is 0.917. The molecule has 1 aromatic carbocycles. The van der Waals surface area contributed by atoms with Gasteiger partial charge in [-0.15, -0.1) is 0 Å². The van der Waals surface area contributed by atoms with Crippen LogP contribution in [0.1, 0.15) is 37.9 Å². The van der Waals surface area contributed by atoms with Crippen LogP contribution in [0, 0.1) is 6.92 Å². The lowest BCUT2D eigenvalue weighted by Gasteiger charge is -2.18. The van der Waals surface area contributed by atoms with Crippen molar-refractivity contribution in [2.45, 2.75) is 39.5 Å². The van der Waals surface area contributed by atoms with Crippen molar-refractivity contribution in [1.82, 2.24) is 4.98 Å². The highest BCUT2D eigenvalue weighted by atomic mass is 16.4. The third-order valence-corrected chi connectivity index (χ3v) is 3.21. The van der Waals surface area contributed by atoms with Crippen molar-refractivity contribution in [1.29, 1.82) is 0 Å². The third kappa shape index (κ3) is 3.04. The molecule has 0 bridgehead atoms. The molecule has 0 saturated carbocycles. The minimum absolute atomic E-state index is 0.166. The van der Waals surface area contributed by atoms with Crippen LogP contribution < -0.4 is 5.73 Å². The van der Waals surface area contributed by atoms with E-state index in [1.54, 1.807) is 0 Å². The standard InChI is InChI=1S/C16H22N2O/c1-11-15(19-14(18-11)9-10-17)12-5-7-13(8-6-12)16(2,3)4/h5-8H,9-10,17H2,1-4H3. The molecule has 1 heterocycles. The fourth-order valence-corrected chi connectivity index (χ4v) is 2.07. The predicted molar refractivity (Wildman–Crippen MR) is 78.1 cm³/mol. The molecule has 0 aliphatic carbocycles. The number of hydrogen-bond acceptors (Lipinski definition) is 3. The highest BCUT2D eigenvalue weighted by molar-refractivity contribution is 5.60. The molecular weight excluding hydrogens is 236 g/mol. The summed E-state index contributed by atoms with van der Waals surface area (Å²) in [7, 11) is 0. The average Bonchev–Trinajstić information content (AvgIpc) is 2.70. The molecule has 0 spiro atoms. The summed E-state index contributed by atoms with van der Waals surface area (Å²) in [5, 5.41) is 0. The van der Waals surface area contributed by atoms with Crippen LogP contribution in [-0.2, 0) is 11.8 Å². The maximum absolute atomic E-state index is 5.78. The van der Waals surface area contributed by atoms with Gasteiger partial charge in [0.15, 0.2) is 11.7 Å². The molecule has 0 saturated heterocycles. The van der Waals surface area contributed by atoms with Crippen LogP contribution in [0.15, 0.2) is 28.7 Å². The van der Waals surface area contributed by atoms with Gasteiger partial charge < -0.3 is 10.2 Å². The number of aromatic nitrogens is 1. The first-order chi connectivity index (χ1) is 8.91. The molecule has 3 heteroatoms. The minimum Gasteiger partial charge on any atom is -0.440 e. The number of nitrogens with two attached hydrogens (primary N) is 1. The van der Waals surface area contributed by atoms with Crippen molar-refractivity contribution < 1.29 is 4.42 Å². The molecule has 0 radical (unpaired) electrons. The van der Waals surface area contributed by atoms with E-state index in [2.05, 4.69) is 50.0 Å². The summed E-state index contributed by atoms with van der Waals surface area (Å²) in [6, 6.07) is 8.50. The smallest absolute Gasteiger partial charge is 0.196 e. The molecule has 102 valence electrons. The van der Waals surface area contributed by atoms with Crippen LogP contribution in [-0.4, -0.2) is 11.5 Å². The van der Waals surface area contributed by atoms with E-state index in [9.17, 15) is 0 Å². The maximum atomic E-state index is 5.78. The van der Waals surface area contributed by atoms with Crippen LogP contribution in [0.4, 0.5) is 0 Å². The second-order valence-corrected chi connectivity index (χ2v) is 5.89. The monoisotopic (exact) mass is 258 g/mol. The number of oxazole rings is 1. The van der Waals surface area contributed by atoms with Gasteiger partial charge in [0.05, 0.1) is 5.69 Å². The second kappa shape index (κ2) is 5.17. The van der Waals surface area contributed by atoms with E-state index in [0.717, 1.165) is 22.9 Å². The van der Waals surface area contributed by atoms with Gasteiger partial charge in [0.2, 0.25) is 0 Å². The number of rotatable bonds is 3. The molecular formula is C16H22N2O. The van der Waals surface area contributed by atoms with Crippen molar-refractivity contribution in [3.63, 3.8) is 0 Å². The van der Waals surface area contributed by atoms with Gasteiger partial charge in [-0.3, -0.25) is 0 Å². The highest BCUT2D eigenvalue weighted by Crippen LogP contribution is 2.28. The third-order valence-electron chi connectivity index (χ3n) is 3.21. The van der Waals surface area contributed by atoms with Gasteiger partial charge in [-0.05, 0) is 17.9 Å². The van der Waals surface area contributed by atoms with Gasteiger partial charge in [-0.2, -0.15) is 0 Å². The van der Waals surface area contributed by atoms with Crippen LogP contribution in [0.3, 0.4) is 0 Å². The number of benzene rings is 1. The zero-order chi connectivity index (χ0) is 14.0. The van der Waals surface area contributed by atoms with Gasteiger partial charge in [0.1, 0.15) is 0 Å². The Morgan fingerprint density at radius 2 is 1.79 bits per heavy atom. The van der Waals surface area contributed by atoms with Crippen molar-refractivity contribution >= 4 is 0 Å². The lowest BCUT2D eigenvalue weighted by atomic mass is 9.86. The Morgan fingerprint density at radius 3 is 2.32 bits per heavy atom. The summed E-state index contributed by atoms with van der Waals surface area (Å²) in [5.41, 5.74) is 9.00. The number of nitrogens with zero attached hydrogens (tertiary/aromatic N) is 1. The second-order valence-electron chi connectivity index (χ2n) is 5.89. The molecule has 0 amide bonds. The maximum Gasteiger partial charge on any atom is 0.196 e. The topological polar surface area (TPSA) is 52.0 Å². The predicted octanol–water partition coefficient (Wildman–Crippen LogP) is 3.45. The van der Waals surface area contributed by atoms with Gasteiger partial charge in [-0.1, -0.05) is 45.0 Å². The molecule has 0 atom stereocenters. The Hall–Kier alpha value is -1.61. The Balaban J connectivity index is 2.32. The summed E-state index contributed by atoms with van der Waals surface area (Å²) in [6.45, 7) is 9.15. The van der Waals surface area contributed by atoms with Gasteiger partial charge >= 0.3 is 0 Å². The van der Waals surface area contributed by atoms with Gasteiger partial charge in [0.25, 0.3) is 0 Å². The summed E-state index contributed by atoms with van der Waals surface area (Å²) in [5.74, 6) is 1.57. The van der Waals surface area contributed by atoms with E-state index in [1.807, 2.05) is 6.92 Å². The largest absolute Gasteiger partial charge is 0.440 e. The molecule has 3 nitrogen and oxygen atoms in total. The minimum atomic E-state index is 0.166. The Bertz CT molecular complexity index is 547. The number of hydrogen-bond donors (Lipinski definition) is 1.